The Labute approximate surface area is 118 Å². The lowest BCUT2D eigenvalue weighted by Gasteiger charge is -2.24. The molecule has 0 aliphatic heterocycles. The third kappa shape index (κ3) is 4.44. The number of carbonyl (C=O) groups is 2. The molecule has 0 aromatic carbocycles. The average molecular weight is 283 g/mol. The summed E-state index contributed by atoms with van der Waals surface area (Å²) in [5.41, 5.74) is 0.0908. The highest BCUT2D eigenvalue weighted by atomic mass is 32.1. The van der Waals surface area contributed by atoms with E-state index in [1.807, 2.05) is 23.4 Å². The van der Waals surface area contributed by atoms with Gasteiger partial charge in [-0.2, -0.15) is 11.3 Å². The number of rotatable bonds is 7. The quantitative estimate of drug-likeness (QED) is 0.569. The van der Waals surface area contributed by atoms with Crippen LogP contribution < -0.4 is 0 Å². The molecule has 1 heterocycles. The second kappa shape index (κ2) is 6.82. The third-order valence-electron chi connectivity index (χ3n) is 2.93. The molecule has 0 N–H and O–H groups in total. The van der Waals surface area contributed by atoms with E-state index >= 15 is 0 Å². The Morgan fingerprint density at radius 3 is 2.63 bits per heavy atom. The Balaban J connectivity index is 2.55. The van der Waals surface area contributed by atoms with Gasteiger partial charge in [0.2, 0.25) is 0 Å². The molecule has 0 bridgehead atoms. The molecule has 0 unspecified atom stereocenters. The van der Waals surface area contributed by atoms with Crippen LogP contribution in [0.2, 0.25) is 0 Å². The molecule has 4 nitrogen and oxygen atoms in total. The maximum Gasteiger partial charge on any atom is 0.319 e. The summed E-state index contributed by atoms with van der Waals surface area (Å²) >= 11 is 1.63. The van der Waals surface area contributed by atoms with Crippen LogP contribution in [0, 0.1) is 5.41 Å². The predicted octanol–water partition coefficient (Wildman–Crippen LogP) is 2.34. The van der Waals surface area contributed by atoms with Crippen LogP contribution in [0.5, 0.6) is 0 Å². The Kier molecular flexibility index (Phi) is 5.69. The van der Waals surface area contributed by atoms with E-state index in [2.05, 4.69) is 5.38 Å². The fourth-order valence-corrected chi connectivity index (χ4v) is 2.28. The van der Waals surface area contributed by atoms with Gasteiger partial charge in [0, 0.05) is 6.54 Å². The second-order valence-electron chi connectivity index (χ2n) is 5.07. The lowest BCUT2D eigenvalue weighted by atomic mass is 9.88. The van der Waals surface area contributed by atoms with Gasteiger partial charge in [-0.1, -0.05) is 0 Å². The van der Waals surface area contributed by atoms with Crippen molar-refractivity contribution in [2.24, 2.45) is 5.41 Å². The Bertz CT molecular complexity index is 426. The van der Waals surface area contributed by atoms with E-state index in [-0.39, 0.29) is 12.3 Å². The Morgan fingerprint density at radius 2 is 2.11 bits per heavy atom. The maximum absolute atomic E-state index is 12.2. The van der Waals surface area contributed by atoms with Crippen LogP contribution in [0.3, 0.4) is 0 Å². The molecule has 1 aromatic heterocycles. The summed E-state index contributed by atoms with van der Waals surface area (Å²) in [6, 6.07) is 2.03. The normalized spacial score (nSPS) is 11.6. The van der Waals surface area contributed by atoms with Crippen LogP contribution in [0.4, 0.5) is 0 Å². The van der Waals surface area contributed by atoms with Crippen LogP contribution in [0.15, 0.2) is 16.8 Å². The fourth-order valence-electron chi connectivity index (χ4n) is 1.62. The molecule has 0 atom stereocenters. The number of esters is 1. The number of nitrogens with zero attached hydrogens (tertiary/aromatic N) is 1. The first-order valence-corrected chi connectivity index (χ1v) is 7.22. The van der Waals surface area contributed by atoms with Gasteiger partial charge >= 0.3 is 5.97 Å². The molecule has 0 aliphatic rings. The number of thiophene rings is 1. The average Bonchev–Trinajstić information content (AvgIpc) is 2.81. The predicted molar refractivity (Wildman–Crippen MR) is 76.1 cm³/mol. The van der Waals surface area contributed by atoms with Crippen molar-refractivity contribution in [3.8, 4) is 0 Å². The molecule has 0 saturated carbocycles. The van der Waals surface area contributed by atoms with Crippen molar-refractivity contribution in [3.05, 3.63) is 22.4 Å². The zero-order valence-corrected chi connectivity index (χ0v) is 12.8. The number of hydrogen-bond acceptors (Lipinski definition) is 5. The maximum atomic E-state index is 12.2. The van der Waals surface area contributed by atoms with Crippen molar-refractivity contribution < 1.29 is 14.3 Å². The first kappa shape index (κ1) is 15.9. The number of likely N-dealkylation sites (N-methyl/N-ethyl adjacent to an activating group) is 1. The molecule has 0 radical (unpaired) electrons. The van der Waals surface area contributed by atoms with E-state index in [1.165, 1.54) is 5.56 Å². The van der Waals surface area contributed by atoms with Crippen molar-refractivity contribution in [1.29, 1.82) is 0 Å². The smallest absolute Gasteiger partial charge is 0.319 e. The highest BCUT2D eigenvalue weighted by Crippen LogP contribution is 2.20. The van der Waals surface area contributed by atoms with Gasteiger partial charge in [0.1, 0.15) is 5.41 Å². The van der Waals surface area contributed by atoms with Gasteiger partial charge in [-0.15, -0.1) is 0 Å². The molecule has 1 aromatic rings. The van der Waals surface area contributed by atoms with Crippen molar-refractivity contribution >= 4 is 23.1 Å². The lowest BCUT2D eigenvalue weighted by molar-refractivity contribution is -0.158. The Hall–Kier alpha value is -1.20. The molecule has 0 fully saturated rings. The molecule has 0 amide bonds. The highest BCUT2D eigenvalue weighted by molar-refractivity contribution is 7.07. The largest absolute Gasteiger partial charge is 0.465 e. The Morgan fingerprint density at radius 1 is 1.42 bits per heavy atom. The molecular formula is C14H21NO3S. The number of carbonyl (C=O) groups excluding carboxylic acids is 2. The van der Waals surface area contributed by atoms with Gasteiger partial charge < -0.3 is 4.74 Å². The number of ether oxygens (including phenoxy) is 1. The minimum atomic E-state index is -1.08. The van der Waals surface area contributed by atoms with E-state index in [1.54, 1.807) is 32.1 Å². The highest BCUT2D eigenvalue weighted by Gasteiger charge is 2.37. The van der Waals surface area contributed by atoms with Crippen LogP contribution in [0.25, 0.3) is 0 Å². The second-order valence-corrected chi connectivity index (χ2v) is 5.85. The number of Topliss-reactive ketones (excluding diaryl/α,β-unsaturated/α-hetero) is 1. The van der Waals surface area contributed by atoms with Crippen LogP contribution in [0.1, 0.15) is 26.3 Å². The van der Waals surface area contributed by atoms with Gasteiger partial charge in [0.05, 0.1) is 13.2 Å². The summed E-state index contributed by atoms with van der Waals surface area (Å²) in [5.74, 6) is -0.576. The van der Waals surface area contributed by atoms with E-state index < -0.39 is 11.4 Å². The van der Waals surface area contributed by atoms with Crippen molar-refractivity contribution in [1.82, 2.24) is 4.90 Å². The minimum absolute atomic E-state index is 0.122. The van der Waals surface area contributed by atoms with Crippen LogP contribution in [-0.2, 0) is 20.9 Å². The fraction of sp³-hybridized carbons (Fsp3) is 0.571. The van der Waals surface area contributed by atoms with Gasteiger partial charge in [0.15, 0.2) is 5.78 Å². The summed E-state index contributed by atoms with van der Waals surface area (Å²) in [6.07, 6.45) is 0. The molecule has 106 valence electrons. The molecule has 19 heavy (non-hydrogen) atoms. The minimum Gasteiger partial charge on any atom is -0.465 e. The molecule has 1 rings (SSSR count). The van der Waals surface area contributed by atoms with E-state index in [4.69, 9.17) is 4.74 Å². The van der Waals surface area contributed by atoms with E-state index in [0.717, 1.165) is 0 Å². The standard InChI is InChI=1S/C14H21NO3S/c1-5-18-13(17)14(2,3)12(16)9-15(4)8-11-6-7-19-10-11/h6-7,10H,5,8-9H2,1-4H3. The molecule has 0 spiro atoms. The van der Waals surface area contributed by atoms with Gasteiger partial charge in [-0.3, -0.25) is 14.5 Å². The molecule has 5 heteroatoms. The SMILES string of the molecule is CCOC(=O)C(C)(C)C(=O)CN(C)Cc1ccsc1. The number of ketones is 1. The summed E-state index contributed by atoms with van der Waals surface area (Å²) < 4.78 is 4.94. The third-order valence-corrected chi connectivity index (χ3v) is 3.66. The summed E-state index contributed by atoms with van der Waals surface area (Å²) in [4.78, 5) is 25.8. The first-order chi connectivity index (χ1) is 8.87. The summed E-state index contributed by atoms with van der Waals surface area (Å²) in [5, 5.41) is 4.06. The molecule has 0 saturated heterocycles. The number of hydrogen-bond donors (Lipinski definition) is 0. The molecule has 0 aliphatic carbocycles. The van der Waals surface area contributed by atoms with Gasteiger partial charge in [-0.05, 0) is 50.2 Å². The van der Waals surface area contributed by atoms with Gasteiger partial charge in [-0.25, -0.2) is 0 Å². The van der Waals surface area contributed by atoms with Gasteiger partial charge in [0.25, 0.3) is 0 Å². The summed E-state index contributed by atoms with van der Waals surface area (Å²) in [6.45, 7) is 6.20. The van der Waals surface area contributed by atoms with Crippen LogP contribution >= 0.6 is 11.3 Å². The monoisotopic (exact) mass is 283 g/mol. The molecular weight excluding hydrogens is 262 g/mol. The summed E-state index contributed by atoms with van der Waals surface area (Å²) in [7, 11) is 1.87. The van der Waals surface area contributed by atoms with Crippen molar-refractivity contribution in [2.75, 3.05) is 20.2 Å². The van der Waals surface area contributed by atoms with E-state index in [0.29, 0.717) is 13.2 Å². The first-order valence-electron chi connectivity index (χ1n) is 6.28. The lowest BCUT2D eigenvalue weighted by Crippen LogP contribution is -2.41. The zero-order chi connectivity index (χ0) is 14.5. The van der Waals surface area contributed by atoms with Crippen molar-refractivity contribution in [3.63, 3.8) is 0 Å². The van der Waals surface area contributed by atoms with Crippen LogP contribution in [-0.4, -0.2) is 36.9 Å². The zero-order valence-electron chi connectivity index (χ0n) is 11.9. The topological polar surface area (TPSA) is 46.6 Å². The van der Waals surface area contributed by atoms with Crippen molar-refractivity contribution in [2.45, 2.75) is 27.3 Å². The van der Waals surface area contributed by atoms with E-state index in [9.17, 15) is 9.59 Å².